The van der Waals surface area contributed by atoms with E-state index < -0.39 is 6.36 Å². The summed E-state index contributed by atoms with van der Waals surface area (Å²) in [6, 6.07) is 11.2. The van der Waals surface area contributed by atoms with E-state index in [0.29, 0.717) is 30.2 Å². The van der Waals surface area contributed by atoms with Gasteiger partial charge >= 0.3 is 6.36 Å². The number of nitrogens with zero attached hydrogens (tertiary/aromatic N) is 4. The first kappa shape index (κ1) is 25.3. The van der Waals surface area contributed by atoms with Gasteiger partial charge in [-0.1, -0.05) is 0 Å². The van der Waals surface area contributed by atoms with Crippen molar-refractivity contribution in [3.8, 4) is 5.75 Å². The molecule has 2 N–H and O–H groups in total. The first-order valence-electron chi connectivity index (χ1n) is 13.0. The highest BCUT2D eigenvalue weighted by atomic mass is 19.4. The van der Waals surface area contributed by atoms with E-state index in [1.807, 2.05) is 18.5 Å². The highest BCUT2D eigenvalue weighted by molar-refractivity contribution is 5.94. The number of ether oxygens (including phenoxy) is 1. The minimum Gasteiger partial charge on any atom is -0.406 e. The Hall–Kier alpha value is -3.99. The molecule has 2 aliphatic heterocycles. The second kappa shape index (κ2) is 10.3. The van der Waals surface area contributed by atoms with Gasteiger partial charge in [0.2, 0.25) is 0 Å². The monoisotopic (exact) mass is 536 g/mol. The van der Waals surface area contributed by atoms with Crippen molar-refractivity contribution in [1.29, 1.82) is 0 Å². The Bertz CT molecular complexity index is 1450. The molecule has 2 atom stereocenters. The summed E-state index contributed by atoms with van der Waals surface area (Å²) >= 11 is 0. The van der Waals surface area contributed by atoms with E-state index in [9.17, 15) is 18.0 Å². The van der Waals surface area contributed by atoms with Crippen LogP contribution in [0.25, 0.3) is 11.2 Å². The topological polar surface area (TPSA) is 96.0 Å². The number of H-pyrrole nitrogens is 1. The standard InChI is InChI=1S/C28H27F3N6O2/c29-28(30,31)39-20-3-1-19(2-4-20)27(38)37-13-8-18(9-14-37)21-7-12-34-26-24(21)35-25(36-26)23-16-33-15-22(23)17-5-10-32-11-6-17/h1-7,10-12,18,22-23,33H,8-9,13-16H2,(H,34,35,36)/t22-,23+/m1/s1. The molecule has 0 saturated carbocycles. The van der Waals surface area contributed by atoms with Crippen molar-refractivity contribution in [3.63, 3.8) is 0 Å². The number of hydrogen-bond acceptors (Lipinski definition) is 6. The van der Waals surface area contributed by atoms with Crippen LogP contribution in [0.4, 0.5) is 13.2 Å². The average molecular weight is 537 g/mol. The van der Waals surface area contributed by atoms with Crippen molar-refractivity contribution in [1.82, 2.24) is 30.2 Å². The molecule has 6 rings (SSSR count). The number of halogens is 3. The highest BCUT2D eigenvalue weighted by Crippen LogP contribution is 2.37. The number of alkyl halides is 3. The molecule has 0 spiro atoms. The molecule has 1 aromatic carbocycles. The zero-order valence-electron chi connectivity index (χ0n) is 21.0. The van der Waals surface area contributed by atoms with Crippen LogP contribution in [0.5, 0.6) is 5.75 Å². The van der Waals surface area contributed by atoms with Gasteiger partial charge in [-0.05, 0) is 72.4 Å². The molecule has 2 aliphatic rings. The van der Waals surface area contributed by atoms with E-state index in [2.05, 4.69) is 37.1 Å². The van der Waals surface area contributed by atoms with Crippen molar-refractivity contribution < 1.29 is 22.7 Å². The first-order valence-corrected chi connectivity index (χ1v) is 13.0. The third-order valence-corrected chi connectivity index (χ3v) is 7.70. The summed E-state index contributed by atoms with van der Waals surface area (Å²) in [5.41, 5.74) is 4.35. The zero-order chi connectivity index (χ0) is 27.0. The maximum Gasteiger partial charge on any atom is 0.573 e. The molecule has 2 fully saturated rings. The Morgan fingerprint density at radius 2 is 1.67 bits per heavy atom. The molecule has 5 heterocycles. The van der Waals surface area contributed by atoms with Gasteiger partial charge in [0.05, 0.1) is 5.52 Å². The summed E-state index contributed by atoms with van der Waals surface area (Å²) < 4.78 is 41.2. The van der Waals surface area contributed by atoms with Gasteiger partial charge in [-0.25, -0.2) is 9.97 Å². The Kier molecular flexibility index (Phi) is 6.68. The van der Waals surface area contributed by atoms with Gasteiger partial charge in [0.25, 0.3) is 5.91 Å². The van der Waals surface area contributed by atoms with E-state index >= 15 is 0 Å². The van der Waals surface area contributed by atoms with Crippen LogP contribution >= 0.6 is 0 Å². The van der Waals surface area contributed by atoms with Crippen LogP contribution in [0.3, 0.4) is 0 Å². The van der Waals surface area contributed by atoms with Crippen molar-refractivity contribution in [3.05, 3.63) is 83.6 Å². The van der Waals surface area contributed by atoms with E-state index in [0.717, 1.165) is 55.0 Å². The molecule has 8 nitrogen and oxygen atoms in total. The van der Waals surface area contributed by atoms with Gasteiger partial charge < -0.3 is 19.9 Å². The number of aromatic nitrogens is 4. The van der Waals surface area contributed by atoms with Crippen LogP contribution in [0.15, 0.2) is 61.1 Å². The van der Waals surface area contributed by atoms with Crippen molar-refractivity contribution in [2.75, 3.05) is 26.2 Å². The number of fused-ring (bicyclic) bond motifs is 1. The number of carbonyl (C=O) groups excluding carboxylic acids is 1. The van der Waals surface area contributed by atoms with Gasteiger partial charge in [0, 0.05) is 62.2 Å². The van der Waals surface area contributed by atoms with E-state index in [1.54, 1.807) is 11.1 Å². The van der Waals surface area contributed by atoms with Gasteiger partial charge in [0.1, 0.15) is 11.6 Å². The smallest absolute Gasteiger partial charge is 0.406 e. The van der Waals surface area contributed by atoms with Crippen molar-refractivity contribution in [2.45, 2.75) is 37.0 Å². The number of carbonyl (C=O) groups is 1. The Balaban J connectivity index is 1.15. The number of nitrogens with one attached hydrogen (secondary N) is 2. The first-order chi connectivity index (χ1) is 18.9. The minimum absolute atomic E-state index is 0.196. The van der Waals surface area contributed by atoms with Crippen molar-refractivity contribution in [2.24, 2.45) is 0 Å². The molecule has 0 bridgehead atoms. The third-order valence-electron chi connectivity index (χ3n) is 7.70. The summed E-state index contributed by atoms with van der Waals surface area (Å²) in [5, 5.41) is 3.49. The van der Waals surface area contributed by atoms with Crippen LogP contribution in [0.1, 0.15) is 57.9 Å². The summed E-state index contributed by atoms with van der Waals surface area (Å²) in [4.78, 5) is 31.8. The van der Waals surface area contributed by atoms with E-state index in [4.69, 9.17) is 4.98 Å². The number of pyridine rings is 2. The lowest BCUT2D eigenvalue weighted by atomic mass is 9.88. The van der Waals surface area contributed by atoms with Crippen LogP contribution in [0, 0.1) is 0 Å². The predicted octanol–water partition coefficient (Wildman–Crippen LogP) is 4.74. The molecule has 1 amide bonds. The molecule has 2 saturated heterocycles. The molecule has 4 aromatic rings. The number of imidazole rings is 1. The second-order valence-corrected chi connectivity index (χ2v) is 10.0. The lowest BCUT2D eigenvalue weighted by Gasteiger charge is -2.32. The average Bonchev–Trinajstić information content (AvgIpc) is 3.60. The number of likely N-dealkylation sites (tertiary alicyclic amines) is 1. The van der Waals surface area contributed by atoms with Crippen LogP contribution in [0.2, 0.25) is 0 Å². The zero-order valence-corrected chi connectivity index (χ0v) is 21.0. The second-order valence-electron chi connectivity index (χ2n) is 10.0. The lowest BCUT2D eigenvalue weighted by molar-refractivity contribution is -0.274. The fourth-order valence-corrected chi connectivity index (χ4v) is 5.77. The third kappa shape index (κ3) is 5.31. The maximum absolute atomic E-state index is 13.0. The van der Waals surface area contributed by atoms with Gasteiger partial charge in [0.15, 0.2) is 5.65 Å². The lowest BCUT2D eigenvalue weighted by Crippen LogP contribution is -2.38. The van der Waals surface area contributed by atoms with Crippen LogP contribution in [-0.2, 0) is 0 Å². The molecular weight excluding hydrogens is 509 g/mol. The summed E-state index contributed by atoms with van der Waals surface area (Å²) in [7, 11) is 0. The van der Waals surface area contributed by atoms with Gasteiger partial charge in [-0.3, -0.25) is 9.78 Å². The molecule has 3 aromatic heterocycles. The molecule has 0 unspecified atom stereocenters. The summed E-state index contributed by atoms with van der Waals surface area (Å²) in [6.07, 6.45) is 2.18. The number of piperidine rings is 1. The normalized spacial score (nSPS) is 20.4. The molecule has 0 radical (unpaired) electrons. The van der Waals surface area contributed by atoms with E-state index in [-0.39, 0.29) is 23.5 Å². The molecular formula is C28H27F3N6O2. The number of aromatic amines is 1. The van der Waals surface area contributed by atoms with E-state index in [1.165, 1.54) is 17.7 Å². The largest absolute Gasteiger partial charge is 0.573 e. The number of amides is 1. The SMILES string of the molecule is O=C(c1ccc(OC(F)(F)F)cc1)N1CCC(c2ccnc3nc([C@H]4CNC[C@@H]4c4ccncc4)[nH]c23)CC1. The van der Waals surface area contributed by atoms with Crippen molar-refractivity contribution >= 4 is 17.1 Å². The van der Waals surface area contributed by atoms with Gasteiger partial charge in [-0.15, -0.1) is 13.2 Å². The number of benzene rings is 1. The molecule has 0 aliphatic carbocycles. The van der Waals surface area contributed by atoms with Gasteiger partial charge in [-0.2, -0.15) is 0 Å². The Labute approximate surface area is 222 Å². The minimum atomic E-state index is -4.77. The fraction of sp³-hybridized carbons (Fsp3) is 0.357. The van der Waals surface area contributed by atoms with Crippen LogP contribution < -0.4 is 10.1 Å². The summed E-state index contributed by atoms with van der Waals surface area (Å²) in [5.74, 6) is 1.09. The predicted molar refractivity (Wildman–Crippen MR) is 137 cm³/mol. The number of rotatable bonds is 5. The Morgan fingerprint density at radius 1 is 0.949 bits per heavy atom. The molecule has 11 heteroatoms. The number of hydrogen-bond donors (Lipinski definition) is 2. The summed E-state index contributed by atoms with van der Waals surface area (Å²) in [6.45, 7) is 2.79. The quantitative estimate of drug-likeness (QED) is 0.383. The fourth-order valence-electron chi connectivity index (χ4n) is 5.77. The Morgan fingerprint density at radius 3 is 2.38 bits per heavy atom. The maximum atomic E-state index is 13.0. The van der Waals surface area contributed by atoms with Crippen LogP contribution in [-0.4, -0.2) is 63.3 Å². The molecule has 202 valence electrons. The molecule has 39 heavy (non-hydrogen) atoms. The highest BCUT2D eigenvalue weighted by Gasteiger charge is 2.34.